The number of ether oxygens (including phenoxy) is 1. The lowest BCUT2D eigenvalue weighted by atomic mass is 10.2. The summed E-state index contributed by atoms with van der Waals surface area (Å²) < 4.78 is 5.48. The van der Waals surface area contributed by atoms with Crippen LogP contribution in [0.4, 0.5) is 0 Å². The van der Waals surface area contributed by atoms with Gasteiger partial charge in [0, 0.05) is 13.2 Å². The van der Waals surface area contributed by atoms with E-state index in [-0.39, 0.29) is 0 Å². The fourth-order valence-corrected chi connectivity index (χ4v) is 3.04. The number of nitrogens with one attached hydrogen (secondary N) is 1. The molecule has 3 nitrogen and oxygen atoms in total. The van der Waals surface area contributed by atoms with Gasteiger partial charge in [0.05, 0.1) is 6.10 Å². The lowest BCUT2D eigenvalue weighted by molar-refractivity contribution is 0.0850. The molecule has 3 heteroatoms. The summed E-state index contributed by atoms with van der Waals surface area (Å²) >= 11 is 0. The first-order chi connectivity index (χ1) is 7.90. The van der Waals surface area contributed by atoms with Crippen molar-refractivity contribution in [1.82, 2.24) is 10.2 Å². The van der Waals surface area contributed by atoms with Crippen molar-refractivity contribution in [2.45, 2.75) is 50.7 Å². The van der Waals surface area contributed by atoms with E-state index in [1.165, 1.54) is 58.2 Å². The number of likely N-dealkylation sites (tertiary alicyclic amines) is 1. The Balaban J connectivity index is 1.53. The maximum atomic E-state index is 5.48. The third-order valence-electron chi connectivity index (χ3n) is 4.01. The molecule has 2 rings (SSSR count). The minimum Gasteiger partial charge on any atom is -0.380 e. The smallest absolute Gasteiger partial charge is 0.0724 e. The van der Waals surface area contributed by atoms with Crippen molar-refractivity contribution in [3.8, 4) is 0 Å². The first-order valence-corrected chi connectivity index (χ1v) is 6.88. The molecular formula is C13H26N2O. The zero-order chi connectivity index (χ0) is 11.2. The van der Waals surface area contributed by atoms with E-state index in [1.54, 1.807) is 0 Å². The van der Waals surface area contributed by atoms with Crippen molar-refractivity contribution in [2.75, 3.05) is 33.3 Å². The lowest BCUT2D eigenvalue weighted by Gasteiger charge is -2.20. The van der Waals surface area contributed by atoms with Crippen LogP contribution in [0.1, 0.15) is 38.5 Å². The first-order valence-electron chi connectivity index (χ1n) is 6.88. The van der Waals surface area contributed by atoms with Gasteiger partial charge in [0.25, 0.3) is 0 Å². The Morgan fingerprint density at radius 3 is 2.75 bits per heavy atom. The molecule has 0 aromatic rings. The molecule has 2 fully saturated rings. The Hall–Kier alpha value is -0.120. The van der Waals surface area contributed by atoms with E-state index >= 15 is 0 Å². The summed E-state index contributed by atoms with van der Waals surface area (Å²) in [5.74, 6) is 0. The largest absolute Gasteiger partial charge is 0.380 e. The van der Waals surface area contributed by atoms with Crippen LogP contribution in [0, 0.1) is 0 Å². The van der Waals surface area contributed by atoms with Crippen molar-refractivity contribution in [1.29, 1.82) is 0 Å². The van der Waals surface area contributed by atoms with Gasteiger partial charge in [0.1, 0.15) is 0 Å². The van der Waals surface area contributed by atoms with Gasteiger partial charge in [-0.15, -0.1) is 0 Å². The molecule has 1 aliphatic carbocycles. The van der Waals surface area contributed by atoms with Crippen molar-refractivity contribution >= 4 is 0 Å². The topological polar surface area (TPSA) is 24.5 Å². The van der Waals surface area contributed by atoms with Crippen LogP contribution in [-0.2, 0) is 4.74 Å². The van der Waals surface area contributed by atoms with Gasteiger partial charge < -0.3 is 15.0 Å². The van der Waals surface area contributed by atoms with Gasteiger partial charge in [-0.1, -0.05) is 0 Å². The second-order valence-electron chi connectivity index (χ2n) is 5.17. The van der Waals surface area contributed by atoms with Gasteiger partial charge in [-0.05, 0) is 64.7 Å². The zero-order valence-electron chi connectivity index (χ0n) is 10.6. The van der Waals surface area contributed by atoms with Crippen molar-refractivity contribution in [3.05, 3.63) is 0 Å². The molecule has 1 N–H and O–H groups in total. The van der Waals surface area contributed by atoms with Crippen molar-refractivity contribution in [2.24, 2.45) is 0 Å². The highest BCUT2D eigenvalue weighted by atomic mass is 16.5. The molecule has 0 aromatic carbocycles. The molecule has 2 aliphatic rings. The van der Waals surface area contributed by atoms with Crippen LogP contribution < -0.4 is 5.32 Å². The van der Waals surface area contributed by atoms with E-state index in [1.807, 2.05) is 7.11 Å². The zero-order valence-corrected chi connectivity index (χ0v) is 10.6. The van der Waals surface area contributed by atoms with Gasteiger partial charge in [0.15, 0.2) is 0 Å². The number of hydrogen-bond donors (Lipinski definition) is 1. The fourth-order valence-electron chi connectivity index (χ4n) is 3.04. The van der Waals surface area contributed by atoms with Crippen LogP contribution in [-0.4, -0.2) is 50.3 Å². The number of hydrogen-bond acceptors (Lipinski definition) is 3. The molecule has 16 heavy (non-hydrogen) atoms. The minimum absolute atomic E-state index is 0.465. The predicted octanol–water partition coefficient (Wildman–Crippen LogP) is 1.63. The molecule has 0 amide bonds. The molecular weight excluding hydrogens is 200 g/mol. The van der Waals surface area contributed by atoms with Crippen LogP contribution in [0.15, 0.2) is 0 Å². The number of rotatable bonds is 6. The Bertz CT molecular complexity index is 192. The number of methoxy groups -OCH3 is 1. The highest BCUT2D eigenvalue weighted by molar-refractivity contribution is 4.83. The molecule has 0 radical (unpaired) electrons. The average molecular weight is 226 g/mol. The van der Waals surface area contributed by atoms with Gasteiger partial charge in [-0.2, -0.15) is 0 Å². The summed E-state index contributed by atoms with van der Waals surface area (Å²) in [4.78, 5) is 2.59. The third kappa shape index (κ3) is 3.44. The Labute approximate surface area is 99.5 Å². The third-order valence-corrected chi connectivity index (χ3v) is 4.01. The van der Waals surface area contributed by atoms with E-state index in [9.17, 15) is 0 Å². The summed E-state index contributed by atoms with van der Waals surface area (Å²) in [6, 6.07) is 0.614. The van der Waals surface area contributed by atoms with Gasteiger partial charge in [-0.3, -0.25) is 0 Å². The highest BCUT2D eigenvalue weighted by Gasteiger charge is 2.26. The molecule has 1 saturated carbocycles. The minimum atomic E-state index is 0.465. The van der Waals surface area contributed by atoms with E-state index in [2.05, 4.69) is 10.2 Å². The van der Waals surface area contributed by atoms with Crippen LogP contribution in [0.3, 0.4) is 0 Å². The molecule has 0 aromatic heterocycles. The maximum absolute atomic E-state index is 5.48. The Morgan fingerprint density at radius 2 is 2.00 bits per heavy atom. The average Bonchev–Trinajstić information content (AvgIpc) is 2.95. The van der Waals surface area contributed by atoms with Crippen LogP contribution in [0.25, 0.3) is 0 Å². The van der Waals surface area contributed by atoms with Crippen LogP contribution in [0.5, 0.6) is 0 Å². The standard InChI is InChI=1S/C13H26N2O/c1-16-13-7-4-6-12(13)14-8-5-11-15-9-2-3-10-15/h12-14H,2-11H2,1H3. The van der Waals surface area contributed by atoms with E-state index in [0.717, 1.165) is 6.54 Å². The molecule has 1 aliphatic heterocycles. The van der Waals surface area contributed by atoms with Gasteiger partial charge >= 0.3 is 0 Å². The van der Waals surface area contributed by atoms with Crippen molar-refractivity contribution < 1.29 is 4.74 Å². The molecule has 0 bridgehead atoms. The lowest BCUT2D eigenvalue weighted by Crippen LogP contribution is -2.38. The first kappa shape index (κ1) is 12.3. The summed E-state index contributed by atoms with van der Waals surface area (Å²) in [7, 11) is 1.84. The van der Waals surface area contributed by atoms with Crippen LogP contribution >= 0.6 is 0 Å². The van der Waals surface area contributed by atoms with E-state index < -0.39 is 0 Å². The highest BCUT2D eigenvalue weighted by Crippen LogP contribution is 2.21. The predicted molar refractivity (Wildman–Crippen MR) is 66.7 cm³/mol. The molecule has 1 heterocycles. The quantitative estimate of drug-likeness (QED) is 0.697. The maximum Gasteiger partial charge on any atom is 0.0724 e. The Morgan fingerprint density at radius 1 is 1.19 bits per heavy atom. The van der Waals surface area contributed by atoms with E-state index in [4.69, 9.17) is 4.74 Å². The van der Waals surface area contributed by atoms with Crippen molar-refractivity contribution in [3.63, 3.8) is 0 Å². The monoisotopic (exact) mass is 226 g/mol. The molecule has 2 unspecified atom stereocenters. The summed E-state index contributed by atoms with van der Waals surface area (Å²) in [6.45, 7) is 5.08. The Kier molecular flexibility index (Phi) is 5.07. The molecule has 1 saturated heterocycles. The SMILES string of the molecule is COC1CCCC1NCCCN1CCCC1. The summed E-state index contributed by atoms with van der Waals surface area (Å²) in [6.07, 6.45) is 8.41. The normalized spacial score (nSPS) is 31.3. The van der Waals surface area contributed by atoms with Gasteiger partial charge in [0.2, 0.25) is 0 Å². The van der Waals surface area contributed by atoms with Crippen LogP contribution in [0.2, 0.25) is 0 Å². The molecule has 94 valence electrons. The second kappa shape index (κ2) is 6.58. The molecule has 2 atom stereocenters. The fraction of sp³-hybridized carbons (Fsp3) is 1.00. The summed E-state index contributed by atoms with van der Waals surface area (Å²) in [5, 5.41) is 3.65. The number of nitrogens with zero attached hydrogens (tertiary/aromatic N) is 1. The van der Waals surface area contributed by atoms with E-state index in [0.29, 0.717) is 12.1 Å². The molecule has 0 spiro atoms. The summed E-state index contributed by atoms with van der Waals surface area (Å²) in [5.41, 5.74) is 0. The second-order valence-corrected chi connectivity index (χ2v) is 5.17. The van der Waals surface area contributed by atoms with Gasteiger partial charge in [-0.25, -0.2) is 0 Å².